The summed E-state index contributed by atoms with van der Waals surface area (Å²) in [5.74, 6) is 0.459. The van der Waals surface area contributed by atoms with E-state index in [0.717, 1.165) is 37.5 Å². The van der Waals surface area contributed by atoms with Gasteiger partial charge in [0, 0.05) is 31.1 Å². The standard InChI is InChI=1S/C13H18N4O3S/c1-16-8-9-7-14-12(21(2,19)20)15-11(9)17(13(16)18)10-5-3-4-6-10/h7,10H,3-6,8H2,1-2H3. The minimum Gasteiger partial charge on any atom is -0.323 e. The molecule has 0 radical (unpaired) electrons. The number of amides is 2. The zero-order chi connectivity index (χ0) is 15.2. The summed E-state index contributed by atoms with van der Waals surface area (Å²) in [4.78, 5) is 23.8. The van der Waals surface area contributed by atoms with Crippen LogP contribution in [0.5, 0.6) is 0 Å². The number of nitrogens with zero attached hydrogens (tertiary/aromatic N) is 4. The molecule has 1 aliphatic carbocycles. The first-order chi connectivity index (χ1) is 9.88. The zero-order valence-electron chi connectivity index (χ0n) is 12.1. The number of sulfone groups is 1. The van der Waals surface area contributed by atoms with Gasteiger partial charge in [-0.2, -0.15) is 0 Å². The van der Waals surface area contributed by atoms with Crippen molar-refractivity contribution in [3.8, 4) is 0 Å². The molecule has 1 fully saturated rings. The molecule has 0 spiro atoms. The Morgan fingerprint density at radius 1 is 1.29 bits per heavy atom. The zero-order valence-corrected chi connectivity index (χ0v) is 12.9. The predicted molar refractivity (Wildman–Crippen MR) is 76.7 cm³/mol. The van der Waals surface area contributed by atoms with Gasteiger partial charge >= 0.3 is 6.03 Å². The van der Waals surface area contributed by atoms with Gasteiger partial charge in [-0.3, -0.25) is 4.90 Å². The number of anilines is 1. The van der Waals surface area contributed by atoms with Crippen molar-refractivity contribution < 1.29 is 13.2 Å². The third-order valence-corrected chi connectivity index (χ3v) is 4.87. The molecule has 2 aliphatic rings. The molecule has 114 valence electrons. The molecule has 0 bridgehead atoms. The first-order valence-corrected chi connectivity index (χ1v) is 8.87. The van der Waals surface area contributed by atoms with Crippen LogP contribution in [-0.2, 0) is 16.4 Å². The van der Waals surface area contributed by atoms with Gasteiger partial charge in [0.25, 0.3) is 0 Å². The van der Waals surface area contributed by atoms with Crippen LogP contribution in [-0.4, -0.2) is 48.7 Å². The van der Waals surface area contributed by atoms with Crippen molar-refractivity contribution in [3.63, 3.8) is 0 Å². The third-order valence-electron chi connectivity index (χ3n) is 4.01. The molecule has 2 amide bonds. The Kier molecular flexibility index (Phi) is 3.35. The lowest BCUT2D eigenvalue weighted by molar-refractivity contribution is 0.206. The fraction of sp³-hybridized carbons (Fsp3) is 0.615. The van der Waals surface area contributed by atoms with E-state index >= 15 is 0 Å². The second-order valence-electron chi connectivity index (χ2n) is 5.72. The molecule has 3 rings (SSSR count). The van der Waals surface area contributed by atoms with Gasteiger partial charge in [0.15, 0.2) is 0 Å². The number of aromatic nitrogens is 2. The quantitative estimate of drug-likeness (QED) is 0.766. The van der Waals surface area contributed by atoms with Gasteiger partial charge in [-0.15, -0.1) is 0 Å². The van der Waals surface area contributed by atoms with Gasteiger partial charge in [0.05, 0.1) is 6.54 Å². The van der Waals surface area contributed by atoms with E-state index < -0.39 is 9.84 Å². The predicted octanol–water partition coefficient (Wildman–Crippen LogP) is 1.19. The molecular formula is C13H18N4O3S. The SMILES string of the molecule is CN1Cc2cnc(S(C)(=O)=O)nc2N(C2CCCC2)C1=O. The van der Waals surface area contributed by atoms with Crippen LogP contribution < -0.4 is 4.90 Å². The van der Waals surface area contributed by atoms with Crippen molar-refractivity contribution in [3.05, 3.63) is 11.8 Å². The molecule has 1 saturated carbocycles. The molecule has 2 heterocycles. The van der Waals surface area contributed by atoms with E-state index in [2.05, 4.69) is 9.97 Å². The minimum atomic E-state index is -3.49. The van der Waals surface area contributed by atoms with Crippen LogP contribution in [0.1, 0.15) is 31.2 Å². The number of hydrogen-bond acceptors (Lipinski definition) is 5. The maximum atomic E-state index is 12.5. The average Bonchev–Trinajstić information content (AvgIpc) is 2.92. The van der Waals surface area contributed by atoms with E-state index in [4.69, 9.17) is 0 Å². The summed E-state index contributed by atoms with van der Waals surface area (Å²) < 4.78 is 23.3. The topological polar surface area (TPSA) is 83.5 Å². The Bertz CT molecular complexity index is 683. The number of carbonyl (C=O) groups excluding carboxylic acids is 1. The molecule has 8 heteroatoms. The highest BCUT2D eigenvalue weighted by atomic mass is 32.2. The fourth-order valence-electron chi connectivity index (χ4n) is 2.97. The van der Waals surface area contributed by atoms with Gasteiger partial charge in [0.2, 0.25) is 15.0 Å². The number of fused-ring (bicyclic) bond motifs is 1. The molecular weight excluding hydrogens is 292 g/mol. The molecule has 0 saturated heterocycles. The molecule has 21 heavy (non-hydrogen) atoms. The normalized spacial score (nSPS) is 20.0. The van der Waals surface area contributed by atoms with E-state index in [0.29, 0.717) is 12.4 Å². The number of urea groups is 1. The second-order valence-corrected chi connectivity index (χ2v) is 7.63. The smallest absolute Gasteiger partial charge is 0.323 e. The van der Waals surface area contributed by atoms with Crippen molar-refractivity contribution >= 4 is 21.7 Å². The number of hydrogen-bond donors (Lipinski definition) is 0. The highest BCUT2D eigenvalue weighted by molar-refractivity contribution is 7.90. The van der Waals surface area contributed by atoms with E-state index in [1.165, 1.54) is 6.20 Å². The lowest BCUT2D eigenvalue weighted by Gasteiger charge is -2.37. The number of rotatable bonds is 2. The van der Waals surface area contributed by atoms with Crippen LogP contribution in [0.4, 0.5) is 10.6 Å². The maximum absolute atomic E-state index is 12.5. The highest BCUT2D eigenvalue weighted by Crippen LogP contribution is 2.33. The van der Waals surface area contributed by atoms with Gasteiger partial charge < -0.3 is 4.90 Å². The first-order valence-electron chi connectivity index (χ1n) is 6.98. The summed E-state index contributed by atoms with van der Waals surface area (Å²) in [6.07, 6.45) is 6.61. The second kappa shape index (κ2) is 4.94. The Labute approximate surface area is 123 Å². The summed E-state index contributed by atoms with van der Waals surface area (Å²) in [7, 11) is -1.75. The van der Waals surface area contributed by atoms with Gasteiger partial charge in [-0.05, 0) is 12.8 Å². The molecule has 0 unspecified atom stereocenters. The largest absolute Gasteiger partial charge is 0.325 e. The monoisotopic (exact) mass is 310 g/mol. The van der Waals surface area contributed by atoms with Crippen molar-refractivity contribution in [2.75, 3.05) is 18.2 Å². The first kappa shape index (κ1) is 14.2. The van der Waals surface area contributed by atoms with Crippen molar-refractivity contribution in [2.45, 2.75) is 43.4 Å². The molecule has 0 N–H and O–H groups in total. The fourth-order valence-corrected chi connectivity index (χ4v) is 3.47. The van der Waals surface area contributed by atoms with E-state index in [-0.39, 0.29) is 17.2 Å². The Morgan fingerprint density at radius 2 is 1.95 bits per heavy atom. The summed E-state index contributed by atoms with van der Waals surface area (Å²) in [6, 6.07) is -0.0196. The van der Waals surface area contributed by atoms with E-state index in [1.54, 1.807) is 16.8 Å². The van der Waals surface area contributed by atoms with E-state index in [9.17, 15) is 13.2 Å². The molecule has 1 aromatic rings. The molecule has 0 aromatic carbocycles. The lowest BCUT2D eigenvalue weighted by atomic mass is 10.1. The van der Waals surface area contributed by atoms with Gasteiger partial charge in [-0.25, -0.2) is 23.2 Å². The van der Waals surface area contributed by atoms with Crippen LogP contribution >= 0.6 is 0 Å². The maximum Gasteiger partial charge on any atom is 0.325 e. The summed E-state index contributed by atoms with van der Waals surface area (Å²) in [5, 5.41) is -0.221. The van der Waals surface area contributed by atoms with E-state index in [1.807, 2.05) is 0 Å². The van der Waals surface area contributed by atoms with Gasteiger partial charge in [0.1, 0.15) is 5.82 Å². The Balaban J connectivity index is 2.11. The molecule has 7 nitrogen and oxygen atoms in total. The van der Waals surface area contributed by atoms with Gasteiger partial charge in [-0.1, -0.05) is 12.8 Å². The summed E-state index contributed by atoms with van der Waals surface area (Å²) >= 11 is 0. The Morgan fingerprint density at radius 3 is 2.57 bits per heavy atom. The van der Waals surface area contributed by atoms with Crippen molar-refractivity contribution in [1.29, 1.82) is 0 Å². The van der Waals surface area contributed by atoms with Crippen LogP contribution in [0.2, 0.25) is 0 Å². The number of carbonyl (C=O) groups is 1. The minimum absolute atomic E-state index is 0.0984. The van der Waals surface area contributed by atoms with Crippen LogP contribution in [0, 0.1) is 0 Å². The molecule has 0 atom stereocenters. The van der Waals surface area contributed by atoms with Crippen LogP contribution in [0.15, 0.2) is 11.4 Å². The van der Waals surface area contributed by atoms with Crippen LogP contribution in [0.25, 0.3) is 0 Å². The van der Waals surface area contributed by atoms with Crippen molar-refractivity contribution in [1.82, 2.24) is 14.9 Å². The van der Waals surface area contributed by atoms with Crippen LogP contribution in [0.3, 0.4) is 0 Å². The summed E-state index contributed by atoms with van der Waals surface area (Å²) in [6.45, 7) is 0.404. The highest BCUT2D eigenvalue weighted by Gasteiger charge is 2.36. The lowest BCUT2D eigenvalue weighted by Crippen LogP contribution is -2.50. The Hall–Kier alpha value is -1.70. The molecule has 1 aromatic heterocycles. The van der Waals surface area contributed by atoms with Crippen molar-refractivity contribution in [2.24, 2.45) is 0 Å². The third kappa shape index (κ3) is 2.48. The average molecular weight is 310 g/mol. The molecule has 1 aliphatic heterocycles. The summed E-state index contributed by atoms with van der Waals surface area (Å²) in [5.41, 5.74) is 0.788.